The molecule has 1 aromatic heterocycles. The van der Waals surface area contributed by atoms with Crippen molar-refractivity contribution >= 4 is 18.3 Å². The Bertz CT molecular complexity index is 910. The molecular weight excluding hydrogens is 402 g/mol. The molecule has 0 spiro atoms. The highest BCUT2D eigenvalue weighted by Gasteiger charge is 2.28. The van der Waals surface area contributed by atoms with E-state index >= 15 is 0 Å². The van der Waals surface area contributed by atoms with E-state index in [4.69, 9.17) is 4.74 Å². The van der Waals surface area contributed by atoms with E-state index in [1.165, 1.54) is 0 Å². The normalized spacial score (nSPS) is 12.1. The average molecular weight is 430 g/mol. The minimum atomic E-state index is -0.532. The largest absolute Gasteiger partial charge is 0.374 e. The molecule has 3 aromatic rings. The van der Waals surface area contributed by atoms with Crippen LogP contribution in [0.5, 0.6) is 0 Å². The van der Waals surface area contributed by atoms with Gasteiger partial charge in [0.1, 0.15) is 6.04 Å². The van der Waals surface area contributed by atoms with Crippen molar-refractivity contribution in [3.63, 3.8) is 0 Å². The van der Waals surface area contributed by atoms with E-state index in [2.05, 4.69) is 20.8 Å². The van der Waals surface area contributed by atoms with Gasteiger partial charge in [-0.1, -0.05) is 81.4 Å². The molecule has 2 aromatic carbocycles. The van der Waals surface area contributed by atoms with Crippen molar-refractivity contribution in [2.24, 2.45) is 5.41 Å². The Labute approximate surface area is 183 Å². The van der Waals surface area contributed by atoms with Gasteiger partial charge in [0.05, 0.1) is 19.8 Å². The number of ether oxygens (including phenoxy) is 1. The Morgan fingerprint density at radius 3 is 2.23 bits per heavy atom. The molecule has 0 aliphatic heterocycles. The van der Waals surface area contributed by atoms with Crippen LogP contribution in [0.3, 0.4) is 0 Å². The first-order chi connectivity index (χ1) is 13.9. The van der Waals surface area contributed by atoms with Crippen molar-refractivity contribution in [2.45, 2.75) is 40.0 Å². The lowest BCUT2D eigenvalue weighted by Crippen LogP contribution is -2.40. The second-order valence-corrected chi connectivity index (χ2v) is 7.96. The summed E-state index contributed by atoms with van der Waals surface area (Å²) in [5.41, 5.74) is 1.61. The van der Waals surface area contributed by atoms with Crippen molar-refractivity contribution in [1.29, 1.82) is 0 Å². The third kappa shape index (κ3) is 6.64. The molecule has 1 atom stereocenters. The Morgan fingerprint density at radius 2 is 1.63 bits per heavy atom. The third-order valence-corrected chi connectivity index (χ3v) is 4.43. The molecule has 7 nitrogen and oxygen atoms in total. The molecular formula is C22H28ClN5O2. The van der Waals surface area contributed by atoms with Crippen LogP contribution in [-0.2, 0) is 22.7 Å². The van der Waals surface area contributed by atoms with Crippen molar-refractivity contribution in [3.8, 4) is 0 Å². The molecule has 0 fully saturated rings. The van der Waals surface area contributed by atoms with Crippen LogP contribution in [0.15, 0.2) is 60.7 Å². The summed E-state index contributed by atoms with van der Waals surface area (Å²) in [6.07, 6.45) is 0. The van der Waals surface area contributed by atoms with Gasteiger partial charge in [0, 0.05) is 5.41 Å². The van der Waals surface area contributed by atoms with Gasteiger partial charge in [-0.2, -0.15) is 0 Å². The summed E-state index contributed by atoms with van der Waals surface area (Å²) in [5, 5.41) is 15.2. The molecule has 3 rings (SSSR count). The van der Waals surface area contributed by atoms with Crippen LogP contribution in [0.1, 0.15) is 43.8 Å². The van der Waals surface area contributed by atoms with Crippen LogP contribution in [0.2, 0.25) is 0 Å². The number of tetrazole rings is 1. The van der Waals surface area contributed by atoms with Crippen LogP contribution >= 0.6 is 12.4 Å². The first kappa shape index (κ1) is 23.5. The van der Waals surface area contributed by atoms with E-state index in [-0.39, 0.29) is 24.9 Å². The zero-order chi connectivity index (χ0) is 20.7. The molecule has 0 unspecified atom stereocenters. The molecule has 0 saturated carbocycles. The fourth-order valence-corrected chi connectivity index (χ4v) is 2.75. The predicted molar refractivity (Wildman–Crippen MR) is 117 cm³/mol. The molecule has 1 amide bonds. The number of halogens is 1. The number of rotatable bonds is 8. The van der Waals surface area contributed by atoms with Gasteiger partial charge in [-0.05, 0) is 21.6 Å². The van der Waals surface area contributed by atoms with Crippen molar-refractivity contribution in [1.82, 2.24) is 25.5 Å². The zero-order valence-electron chi connectivity index (χ0n) is 17.5. The van der Waals surface area contributed by atoms with Gasteiger partial charge in [0.2, 0.25) is 5.91 Å². The highest BCUT2D eigenvalue weighted by molar-refractivity contribution is 5.85. The third-order valence-electron chi connectivity index (χ3n) is 4.43. The van der Waals surface area contributed by atoms with Crippen molar-refractivity contribution < 1.29 is 9.53 Å². The number of carbonyl (C=O) groups is 1. The SMILES string of the molecule is CC(C)(C)C(=O)N[C@H](COCc1ccccc1)c1nnnn1Cc1ccccc1.Cl. The van der Waals surface area contributed by atoms with E-state index in [0.717, 1.165) is 11.1 Å². The van der Waals surface area contributed by atoms with Gasteiger partial charge >= 0.3 is 0 Å². The second-order valence-electron chi connectivity index (χ2n) is 7.96. The van der Waals surface area contributed by atoms with Crippen LogP contribution in [0.4, 0.5) is 0 Å². The molecule has 30 heavy (non-hydrogen) atoms. The van der Waals surface area contributed by atoms with Crippen LogP contribution in [0, 0.1) is 5.41 Å². The van der Waals surface area contributed by atoms with Gasteiger partial charge in [-0.3, -0.25) is 4.79 Å². The summed E-state index contributed by atoms with van der Waals surface area (Å²) >= 11 is 0. The number of carbonyl (C=O) groups excluding carboxylic acids is 1. The van der Waals surface area contributed by atoms with E-state index < -0.39 is 11.5 Å². The second kappa shape index (κ2) is 10.8. The van der Waals surface area contributed by atoms with E-state index in [1.807, 2.05) is 81.4 Å². The number of hydrogen-bond acceptors (Lipinski definition) is 5. The average Bonchev–Trinajstić information content (AvgIpc) is 3.16. The monoisotopic (exact) mass is 429 g/mol. The first-order valence-electron chi connectivity index (χ1n) is 9.66. The lowest BCUT2D eigenvalue weighted by atomic mass is 9.95. The fraction of sp³-hybridized carbons (Fsp3) is 0.364. The number of nitrogens with one attached hydrogen (secondary N) is 1. The van der Waals surface area contributed by atoms with Gasteiger partial charge in [-0.25, -0.2) is 4.68 Å². The number of aromatic nitrogens is 4. The summed E-state index contributed by atoms with van der Waals surface area (Å²) in [5.74, 6) is 0.486. The van der Waals surface area contributed by atoms with Crippen molar-refractivity contribution in [3.05, 3.63) is 77.6 Å². The Hall–Kier alpha value is -2.77. The van der Waals surface area contributed by atoms with E-state index in [9.17, 15) is 4.79 Å². The van der Waals surface area contributed by atoms with Crippen molar-refractivity contribution in [2.75, 3.05) is 6.61 Å². The maximum Gasteiger partial charge on any atom is 0.226 e. The molecule has 0 radical (unpaired) electrons. The number of amides is 1. The summed E-state index contributed by atoms with van der Waals surface area (Å²) in [7, 11) is 0. The van der Waals surface area contributed by atoms with Crippen LogP contribution < -0.4 is 5.32 Å². The highest BCUT2D eigenvalue weighted by Crippen LogP contribution is 2.18. The maximum absolute atomic E-state index is 12.6. The molecule has 8 heteroatoms. The maximum atomic E-state index is 12.6. The molecule has 0 bridgehead atoms. The standard InChI is InChI=1S/C22H27N5O2.ClH/c1-22(2,3)21(28)23-19(16-29-15-18-12-8-5-9-13-18)20-24-25-26-27(20)14-17-10-6-4-7-11-17;/h4-13,19H,14-16H2,1-3H3,(H,23,28);1H/t19-;/m1./s1. The Balaban J connectivity index is 0.00000320. The smallest absolute Gasteiger partial charge is 0.226 e. The fourth-order valence-electron chi connectivity index (χ4n) is 2.75. The number of nitrogens with zero attached hydrogens (tertiary/aromatic N) is 4. The predicted octanol–water partition coefficient (Wildman–Crippen LogP) is 3.56. The number of hydrogen-bond donors (Lipinski definition) is 1. The van der Waals surface area contributed by atoms with Gasteiger partial charge in [-0.15, -0.1) is 17.5 Å². The summed E-state index contributed by atoms with van der Waals surface area (Å²) in [6, 6.07) is 19.4. The lowest BCUT2D eigenvalue weighted by Gasteiger charge is -2.24. The Kier molecular flexibility index (Phi) is 8.50. The topological polar surface area (TPSA) is 81.9 Å². The minimum absolute atomic E-state index is 0. The summed E-state index contributed by atoms with van der Waals surface area (Å²) in [6.45, 7) is 6.85. The molecule has 0 aliphatic carbocycles. The van der Waals surface area contributed by atoms with Gasteiger partial charge in [0.25, 0.3) is 0 Å². The summed E-state index contributed by atoms with van der Waals surface area (Å²) in [4.78, 5) is 12.6. The first-order valence-corrected chi connectivity index (χ1v) is 9.66. The van der Waals surface area contributed by atoms with Gasteiger partial charge < -0.3 is 10.1 Å². The quantitative estimate of drug-likeness (QED) is 0.592. The van der Waals surface area contributed by atoms with E-state index in [0.29, 0.717) is 19.0 Å². The van der Waals surface area contributed by atoms with Gasteiger partial charge in [0.15, 0.2) is 5.82 Å². The minimum Gasteiger partial charge on any atom is -0.374 e. The number of benzene rings is 2. The molecule has 0 aliphatic rings. The van der Waals surface area contributed by atoms with Crippen LogP contribution in [-0.4, -0.2) is 32.7 Å². The molecule has 1 N–H and O–H groups in total. The highest BCUT2D eigenvalue weighted by atomic mass is 35.5. The Morgan fingerprint density at radius 1 is 1.03 bits per heavy atom. The molecule has 0 saturated heterocycles. The molecule has 160 valence electrons. The lowest BCUT2D eigenvalue weighted by molar-refractivity contribution is -0.130. The van der Waals surface area contributed by atoms with E-state index in [1.54, 1.807) is 4.68 Å². The van der Waals surface area contributed by atoms with Crippen LogP contribution in [0.25, 0.3) is 0 Å². The molecule has 1 heterocycles. The summed E-state index contributed by atoms with van der Waals surface area (Å²) < 4.78 is 7.60. The zero-order valence-corrected chi connectivity index (χ0v) is 18.3.